The van der Waals surface area contributed by atoms with Gasteiger partial charge in [0.25, 0.3) is 0 Å². The first kappa shape index (κ1) is 25.6. The Kier molecular flexibility index (Phi) is 9.66. The maximum Gasteiger partial charge on any atom is 0.328 e. The van der Waals surface area contributed by atoms with Gasteiger partial charge in [-0.05, 0) is 48.9 Å². The third kappa shape index (κ3) is 7.20. The Bertz CT molecular complexity index is 1060. The number of methoxy groups -OCH3 is 1. The molecular weight excluding hydrogens is 420 g/mol. The second-order valence-corrected chi connectivity index (χ2v) is 7.72. The predicted molar refractivity (Wildman–Crippen MR) is 130 cm³/mol. The van der Waals surface area contributed by atoms with Crippen molar-refractivity contribution in [3.63, 3.8) is 0 Å². The van der Waals surface area contributed by atoms with Gasteiger partial charge in [-0.2, -0.15) is 0 Å². The third-order valence-electron chi connectivity index (χ3n) is 5.19. The Morgan fingerprint density at radius 2 is 1.88 bits per heavy atom. The molecule has 0 saturated heterocycles. The molecule has 1 aromatic heterocycles. The van der Waals surface area contributed by atoms with Gasteiger partial charge < -0.3 is 19.8 Å². The number of rotatable bonds is 12. The lowest BCUT2D eigenvalue weighted by Crippen LogP contribution is -2.31. The molecule has 176 valence electrons. The standard InChI is InChI=1S/C26H32N2O5/c1-6-9-17(4)22-15-19(16-24(29)28-22)20-12-11-18(14-25(30)32-5)13-23(20)27-21(10-7-2)26(31)33-8-3/h6-7,11-13,15-17,21,27H,1-2,8-10,14H2,3-5H3,(H,28,29). The molecule has 2 rings (SSSR count). The van der Waals surface area contributed by atoms with Crippen LogP contribution in [0, 0.1) is 0 Å². The van der Waals surface area contributed by atoms with Crippen LogP contribution in [-0.4, -0.2) is 36.7 Å². The molecule has 0 radical (unpaired) electrons. The van der Waals surface area contributed by atoms with E-state index >= 15 is 0 Å². The molecule has 1 heterocycles. The molecule has 2 unspecified atom stereocenters. The van der Waals surface area contributed by atoms with E-state index in [1.807, 2.05) is 25.1 Å². The number of allylic oxidation sites excluding steroid dienone is 1. The minimum absolute atomic E-state index is 0.0774. The number of hydrogen-bond acceptors (Lipinski definition) is 6. The second-order valence-electron chi connectivity index (χ2n) is 7.72. The average molecular weight is 453 g/mol. The zero-order chi connectivity index (χ0) is 24.4. The molecular formula is C26H32N2O5. The first-order valence-corrected chi connectivity index (χ1v) is 10.9. The van der Waals surface area contributed by atoms with E-state index in [2.05, 4.69) is 23.5 Å². The summed E-state index contributed by atoms with van der Waals surface area (Å²) >= 11 is 0. The fourth-order valence-electron chi connectivity index (χ4n) is 3.49. The molecule has 0 spiro atoms. The summed E-state index contributed by atoms with van der Waals surface area (Å²) in [6, 6.07) is 8.18. The summed E-state index contributed by atoms with van der Waals surface area (Å²) in [5.41, 5.74) is 3.29. The van der Waals surface area contributed by atoms with E-state index in [0.717, 1.165) is 11.3 Å². The summed E-state index contributed by atoms with van der Waals surface area (Å²) in [4.78, 5) is 39.6. The topological polar surface area (TPSA) is 97.5 Å². The second kappa shape index (κ2) is 12.4. The number of aromatic amines is 1. The lowest BCUT2D eigenvalue weighted by molar-refractivity contribution is -0.144. The van der Waals surface area contributed by atoms with Crippen LogP contribution < -0.4 is 10.9 Å². The number of aromatic nitrogens is 1. The molecule has 33 heavy (non-hydrogen) atoms. The summed E-state index contributed by atoms with van der Waals surface area (Å²) in [7, 11) is 1.33. The minimum Gasteiger partial charge on any atom is -0.469 e. The Morgan fingerprint density at radius 3 is 2.52 bits per heavy atom. The average Bonchev–Trinajstić information content (AvgIpc) is 2.78. The van der Waals surface area contributed by atoms with Crippen LogP contribution in [0.2, 0.25) is 0 Å². The van der Waals surface area contributed by atoms with E-state index in [9.17, 15) is 14.4 Å². The number of anilines is 1. The van der Waals surface area contributed by atoms with Crippen molar-refractivity contribution in [1.82, 2.24) is 4.98 Å². The SMILES string of the molecule is C=CCC(Nc1cc(CC(=O)OC)ccc1-c1cc(C(C)CC=C)[nH]c(=O)c1)C(=O)OCC. The zero-order valence-corrected chi connectivity index (χ0v) is 19.5. The van der Waals surface area contributed by atoms with Crippen LogP contribution in [0.5, 0.6) is 0 Å². The molecule has 7 heteroatoms. The number of nitrogens with one attached hydrogen (secondary N) is 2. The normalized spacial score (nSPS) is 12.3. The predicted octanol–water partition coefficient (Wildman–Crippen LogP) is 4.36. The number of carbonyl (C=O) groups is 2. The first-order valence-electron chi connectivity index (χ1n) is 10.9. The molecule has 0 amide bonds. The highest BCUT2D eigenvalue weighted by Crippen LogP contribution is 2.31. The fraction of sp³-hybridized carbons (Fsp3) is 0.346. The van der Waals surface area contributed by atoms with Crippen molar-refractivity contribution in [1.29, 1.82) is 0 Å². The number of ether oxygens (including phenoxy) is 2. The van der Waals surface area contributed by atoms with Crippen LogP contribution in [-0.2, 0) is 25.5 Å². The van der Waals surface area contributed by atoms with Gasteiger partial charge in [-0.3, -0.25) is 9.59 Å². The maximum absolute atomic E-state index is 12.5. The highest BCUT2D eigenvalue weighted by Gasteiger charge is 2.21. The van der Waals surface area contributed by atoms with Crippen molar-refractivity contribution in [2.24, 2.45) is 0 Å². The van der Waals surface area contributed by atoms with E-state index in [1.165, 1.54) is 13.2 Å². The lowest BCUT2D eigenvalue weighted by atomic mass is 9.96. The van der Waals surface area contributed by atoms with E-state index in [-0.39, 0.29) is 30.5 Å². The van der Waals surface area contributed by atoms with E-state index < -0.39 is 12.0 Å². The maximum atomic E-state index is 12.5. The van der Waals surface area contributed by atoms with Gasteiger partial charge >= 0.3 is 11.9 Å². The Morgan fingerprint density at radius 1 is 1.15 bits per heavy atom. The number of H-pyrrole nitrogens is 1. The quantitative estimate of drug-likeness (QED) is 0.367. The van der Waals surface area contributed by atoms with Crippen LogP contribution in [0.4, 0.5) is 5.69 Å². The highest BCUT2D eigenvalue weighted by atomic mass is 16.5. The number of hydrogen-bond donors (Lipinski definition) is 2. The van der Waals surface area contributed by atoms with E-state index in [1.54, 1.807) is 25.1 Å². The summed E-state index contributed by atoms with van der Waals surface area (Å²) in [6.07, 6.45) is 4.58. The molecule has 0 saturated carbocycles. The monoisotopic (exact) mass is 452 g/mol. The number of benzene rings is 1. The Labute approximate surface area is 194 Å². The smallest absolute Gasteiger partial charge is 0.328 e. The van der Waals surface area contributed by atoms with Gasteiger partial charge in [-0.25, -0.2) is 4.79 Å². The molecule has 0 fully saturated rings. The number of pyridine rings is 1. The molecule has 2 atom stereocenters. The Balaban J connectivity index is 2.58. The van der Waals surface area contributed by atoms with Crippen molar-refractivity contribution < 1.29 is 19.1 Å². The largest absolute Gasteiger partial charge is 0.469 e. The lowest BCUT2D eigenvalue weighted by Gasteiger charge is -2.21. The van der Waals surface area contributed by atoms with Gasteiger partial charge in [0.2, 0.25) is 5.56 Å². The highest BCUT2D eigenvalue weighted by molar-refractivity contribution is 5.85. The van der Waals surface area contributed by atoms with Crippen LogP contribution >= 0.6 is 0 Å². The van der Waals surface area contributed by atoms with Gasteiger partial charge in [0, 0.05) is 23.0 Å². The zero-order valence-electron chi connectivity index (χ0n) is 19.5. The Hall–Kier alpha value is -3.61. The van der Waals surface area contributed by atoms with Crippen molar-refractivity contribution in [2.45, 2.75) is 45.1 Å². The molecule has 0 aliphatic rings. The fourth-order valence-corrected chi connectivity index (χ4v) is 3.49. The van der Waals surface area contributed by atoms with Gasteiger partial charge in [0.1, 0.15) is 6.04 Å². The molecule has 0 aliphatic heterocycles. The molecule has 7 nitrogen and oxygen atoms in total. The number of esters is 2. The summed E-state index contributed by atoms with van der Waals surface area (Å²) < 4.78 is 9.97. The summed E-state index contributed by atoms with van der Waals surface area (Å²) in [6.45, 7) is 11.5. The first-order chi connectivity index (χ1) is 15.8. The van der Waals surface area contributed by atoms with Crippen molar-refractivity contribution in [2.75, 3.05) is 19.0 Å². The molecule has 0 bridgehead atoms. The van der Waals surface area contributed by atoms with Crippen LogP contribution in [0.1, 0.15) is 43.9 Å². The molecule has 2 N–H and O–H groups in total. The van der Waals surface area contributed by atoms with Crippen molar-refractivity contribution in [3.05, 3.63) is 77.3 Å². The molecule has 2 aromatic rings. The van der Waals surface area contributed by atoms with Gasteiger partial charge in [0.15, 0.2) is 0 Å². The van der Waals surface area contributed by atoms with Crippen LogP contribution in [0.25, 0.3) is 11.1 Å². The van der Waals surface area contributed by atoms with Crippen LogP contribution in [0.15, 0.2) is 60.4 Å². The van der Waals surface area contributed by atoms with Gasteiger partial charge in [-0.1, -0.05) is 31.2 Å². The summed E-state index contributed by atoms with van der Waals surface area (Å²) in [5.74, 6) is -0.704. The van der Waals surface area contributed by atoms with Gasteiger partial charge in [-0.15, -0.1) is 13.2 Å². The van der Waals surface area contributed by atoms with Crippen LogP contribution in [0.3, 0.4) is 0 Å². The number of carbonyl (C=O) groups excluding carboxylic acids is 2. The van der Waals surface area contributed by atoms with E-state index in [0.29, 0.717) is 29.7 Å². The minimum atomic E-state index is -0.671. The third-order valence-corrected chi connectivity index (χ3v) is 5.19. The molecule has 1 aromatic carbocycles. The van der Waals surface area contributed by atoms with Crippen molar-refractivity contribution >= 4 is 17.6 Å². The molecule has 0 aliphatic carbocycles. The van der Waals surface area contributed by atoms with Crippen molar-refractivity contribution in [3.8, 4) is 11.1 Å². The van der Waals surface area contributed by atoms with Gasteiger partial charge in [0.05, 0.1) is 20.1 Å². The van der Waals surface area contributed by atoms with E-state index in [4.69, 9.17) is 9.47 Å². The summed E-state index contributed by atoms with van der Waals surface area (Å²) in [5, 5.41) is 3.23.